The van der Waals surface area contributed by atoms with Crippen molar-refractivity contribution in [2.45, 2.75) is 4.90 Å². The third-order valence-corrected chi connectivity index (χ3v) is 7.34. The SMILES string of the molecule is COc1cccc(C(=O)Nc2cccc(SCC(=O)Nc3nc(-c4ccc5ccccc5c4)cs3)c2)c1. The van der Waals surface area contributed by atoms with Crippen molar-refractivity contribution >= 4 is 56.5 Å². The predicted octanol–water partition coefficient (Wildman–Crippen LogP) is 6.96. The number of amides is 2. The van der Waals surface area contributed by atoms with Crippen molar-refractivity contribution in [2.24, 2.45) is 0 Å². The van der Waals surface area contributed by atoms with E-state index in [9.17, 15) is 9.59 Å². The summed E-state index contributed by atoms with van der Waals surface area (Å²) >= 11 is 2.79. The summed E-state index contributed by atoms with van der Waals surface area (Å²) < 4.78 is 5.19. The number of methoxy groups -OCH3 is 1. The molecule has 184 valence electrons. The van der Waals surface area contributed by atoms with Gasteiger partial charge in [-0.3, -0.25) is 9.59 Å². The van der Waals surface area contributed by atoms with Crippen LogP contribution < -0.4 is 15.4 Å². The first-order valence-corrected chi connectivity index (χ1v) is 13.4. The molecule has 4 aromatic carbocycles. The average Bonchev–Trinajstić information content (AvgIpc) is 3.40. The fourth-order valence-electron chi connectivity index (χ4n) is 3.75. The average molecular weight is 526 g/mol. The van der Waals surface area contributed by atoms with Crippen LogP contribution in [0.4, 0.5) is 10.8 Å². The molecule has 0 aliphatic heterocycles. The molecule has 1 aromatic heterocycles. The Bertz CT molecular complexity index is 1580. The highest BCUT2D eigenvalue weighted by Crippen LogP contribution is 2.28. The zero-order chi connectivity index (χ0) is 25.6. The van der Waals surface area contributed by atoms with Gasteiger partial charge in [-0.2, -0.15) is 0 Å². The minimum atomic E-state index is -0.232. The maximum atomic E-state index is 12.6. The van der Waals surface area contributed by atoms with Gasteiger partial charge in [-0.05, 0) is 53.2 Å². The van der Waals surface area contributed by atoms with Gasteiger partial charge in [0.05, 0.1) is 18.6 Å². The Morgan fingerprint density at radius 1 is 0.892 bits per heavy atom. The molecule has 2 N–H and O–H groups in total. The normalized spacial score (nSPS) is 10.7. The number of nitrogens with zero attached hydrogens (tertiary/aromatic N) is 1. The minimum Gasteiger partial charge on any atom is -0.497 e. The number of thiazole rings is 1. The van der Waals surface area contributed by atoms with Crippen molar-refractivity contribution in [3.05, 3.63) is 102 Å². The van der Waals surface area contributed by atoms with Gasteiger partial charge in [0.25, 0.3) is 5.91 Å². The van der Waals surface area contributed by atoms with E-state index in [1.165, 1.54) is 28.5 Å². The lowest BCUT2D eigenvalue weighted by atomic mass is 10.1. The fraction of sp³-hybridized carbons (Fsp3) is 0.0690. The zero-order valence-corrected chi connectivity index (χ0v) is 21.6. The van der Waals surface area contributed by atoms with Crippen molar-refractivity contribution < 1.29 is 14.3 Å². The number of fused-ring (bicyclic) bond motifs is 1. The van der Waals surface area contributed by atoms with E-state index in [4.69, 9.17) is 4.74 Å². The van der Waals surface area contributed by atoms with Crippen molar-refractivity contribution in [2.75, 3.05) is 23.5 Å². The lowest BCUT2D eigenvalue weighted by Gasteiger charge is -2.08. The van der Waals surface area contributed by atoms with Crippen LogP contribution in [0.2, 0.25) is 0 Å². The quantitative estimate of drug-likeness (QED) is 0.214. The van der Waals surface area contributed by atoms with Gasteiger partial charge in [-0.15, -0.1) is 23.1 Å². The third-order valence-electron chi connectivity index (χ3n) is 5.59. The van der Waals surface area contributed by atoms with Gasteiger partial charge in [-0.25, -0.2) is 4.98 Å². The number of thioether (sulfide) groups is 1. The first-order valence-electron chi connectivity index (χ1n) is 11.5. The van der Waals surface area contributed by atoms with Gasteiger partial charge in [0.1, 0.15) is 5.75 Å². The summed E-state index contributed by atoms with van der Waals surface area (Å²) in [6, 6.07) is 28.8. The largest absolute Gasteiger partial charge is 0.497 e. The number of carbonyl (C=O) groups excluding carboxylic acids is 2. The lowest BCUT2D eigenvalue weighted by Crippen LogP contribution is -2.14. The van der Waals surface area contributed by atoms with Gasteiger partial charge in [-0.1, -0.05) is 48.5 Å². The van der Waals surface area contributed by atoms with E-state index in [1.807, 2.05) is 47.8 Å². The van der Waals surface area contributed by atoms with E-state index in [0.29, 0.717) is 22.1 Å². The van der Waals surface area contributed by atoms with Crippen LogP contribution in [0.5, 0.6) is 5.75 Å². The Labute approximate surface area is 222 Å². The molecule has 0 unspecified atom stereocenters. The smallest absolute Gasteiger partial charge is 0.255 e. The molecule has 37 heavy (non-hydrogen) atoms. The minimum absolute atomic E-state index is 0.143. The molecule has 2 amide bonds. The molecule has 0 radical (unpaired) electrons. The first kappa shape index (κ1) is 24.5. The van der Waals surface area contributed by atoms with Crippen LogP contribution in [0.25, 0.3) is 22.0 Å². The highest BCUT2D eigenvalue weighted by atomic mass is 32.2. The van der Waals surface area contributed by atoms with Gasteiger partial charge in [0.15, 0.2) is 5.13 Å². The molecule has 5 rings (SSSR count). The molecule has 1 heterocycles. The summed E-state index contributed by atoms with van der Waals surface area (Å²) in [5, 5.41) is 10.6. The molecular formula is C29H23N3O3S2. The van der Waals surface area contributed by atoms with Crippen LogP contribution in [0.1, 0.15) is 10.4 Å². The van der Waals surface area contributed by atoms with Crippen LogP contribution in [0.15, 0.2) is 101 Å². The van der Waals surface area contributed by atoms with Gasteiger partial charge >= 0.3 is 0 Å². The Morgan fingerprint density at radius 3 is 2.59 bits per heavy atom. The molecule has 0 spiro atoms. The summed E-state index contributed by atoms with van der Waals surface area (Å²) in [7, 11) is 1.56. The van der Waals surface area contributed by atoms with Gasteiger partial charge < -0.3 is 15.4 Å². The number of ether oxygens (including phenoxy) is 1. The molecule has 0 fully saturated rings. The molecule has 0 atom stereocenters. The van der Waals surface area contributed by atoms with E-state index in [2.05, 4.69) is 39.9 Å². The van der Waals surface area contributed by atoms with Crippen LogP contribution in [-0.4, -0.2) is 29.7 Å². The Balaban J connectivity index is 1.17. The second-order valence-electron chi connectivity index (χ2n) is 8.15. The molecule has 0 saturated carbocycles. The van der Waals surface area contributed by atoms with E-state index >= 15 is 0 Å². The number of hydrogen-bond acceptors (Lipinski definition) is 6. The molecule has 5 aromatic rings. The third kappa shape index (κ3) is 6.17. The lowest BCUT2D eigenvalue weighted by molar-refractivity contribution is -0.113. The molecule has 0 saturated heterocycles. The monoisotopic (exact) mass is 525 g/mol. The molecule has 8 heteroatoms. The number of hydrogen-bond donors (Lipinski definition) is 2. The molecule has 6 nitrogen and oxygen atoms in total. The standard InChI is InChI=1S/C29H23N3O3S2/c1-35-24-10-4-8-22(15-24)28(34)30-23-9-5-11-25(16-23)36-18-27(33)32-29-31-26(17-37-29)21-13-12-19-6-2-3-7-20(19)14-21/h2-17H,18H2,1H3,(H,30,34)(H,31,32,33). The van der Waals surface area contributed by atoms with Crippen molar-refractivity contribution in [3.8, 4) is 17.0 Å². The van der Waals surface area contributed by atoms with Crippen molar-refractivity contribution in [1.82, 2.24) is 4.98 Å². The Morgan fingerprint density at radius 2 is 1.73 bits per heavy atom. The second-order valence-corrected chi connectivity index (χ2v) is 10.1. The van der Waals surface area contributed by atoms with E-state index in [-0.39, 0.29) is 17.6 Å². The number of benzene rings is 4. The maximum Gasteiger partial charge on any atom is 0.255 e. The number of rotatable bonds is 8. The van der Waals surface area contributed by atoms with Crippen LogP contribution in [0.3, 0.4) is 0 Å². The van der Waals surface area contributed by atoms with Crippen LogP contribution >= 0.6 is 23.1 Å². The molecule has 0 bridgehead atoms. The highest BCUT2D eigenvalue weighted by Gasteiger charge is 2.11. The van der Waals surface area contributed by atoms with Gasteiger partial charge in [0.2, 0.25) is 5.91 Å². The highest BCUT2D eigenvalue weighted by molar-refractivity contribution is 8.00. The topological polar surface area (TPSA) is 80.3 Å². The number of carbonyl (C=O) groups is 2. The molecule has 0 aliphatic carbocycles. The summed E-state index contributed by atoms with van der Waals surface area (Å²) in [5.41, 5.74) is 3.00. The summed E-state index contributed by atoms with van der Waals surface area (Å²) in [4.78, 5) is 30.6. The summed E-state index contributed by atoms with van der Waals surface area (Å²) in [6.45, 7) is 0. The van der Waals surface area contributed by atoms with E-state index in [0.717, 1.165) is 21.5 Å². The van der Waals surface area contributed by atoms with Crippen LogP contribution in [-0.2, 0) is 4.79 Å². The molecular weight excluding hydrogens is 502 g/mol. The second kappa shape index (κ2) is 11.3. The summed E-state index contributed by atoms with van der Waals surface area (Å²) in [6.07, 6.45) is 0. The fourth-order valence-corrected chi connectivity index (χ4v) is 5.24. The first-order chi connectivity index (χ1) is 18.1. The van der Waals surface area contributed by atoms with Crippen molar-refractivity contribution in [3.63, 3.8) is 0 Å². The van der Waals surface area contributed by atoms with E-state index in [1.54, 1.807) is 31.4 Å². The van der Waals surface area contributed by atoms with Gasteiger partial charge in [0, 0.05) is 27.1 Å². The van der Waals surface area contributed by atoms with Crippen molar-refractivity contribution in [1.29, 1.82) is 0 Å². The summed E-state index contributed by atoms with van der Waals surface area (Å²) in [5.74, 6) is 0.464. The zero-order valence-electron chi connectivity index (χ0n) is 19.9. The Hall–Kier alpha value is -4.14. The van der Waals surface area contributed by atoms with E-state index < -0.39 is 0 Å². The van der Waals surface area contributed by atoms with Crippen LogP contribution in [0, 0.1) is 0 Å². The number of nitrogens with one attached hydrogen (secondary N) is 2. The predicted molar refractivity (Wildman–Crippen MR) is 152 cm³/mol. The Kier molecular flexibility index (Phi) is 7.49. The number of aromatic nitrogens is 1. The number of anilines is 2. The molecule has 0 aliphatic rings. The maximum absolute atomic E-state index is 12.6.